The molecule has 0 aliphatic heterocycles. The minimum Gasteiger partial charge on any atom is -0.497 e. The maximum Gasteiger partial charge on any atom is 0.264 e. The highest BCUT2D eigenvalue weighted by molar-refractivity contribution is 5.74. The van der Waals surface area contributed by atoms with Crippen molar-refractivity contribution in [1.82, 2.24) is 19.3 Å². The average Bonchev–Trinajstić information content (AvgIpc) is 3.10. The lowest BCUT2D eigenvalue weighted by molar-refractivity contribution is 0.414. The lowest BCUT2D eigenvalue weighted by atomic mass is 10.2. The number of nitrogens with zero attached hydrogens (tertiary/aromatic N) is 4. The summed E-state index contributed by atoms with van der Waals surface area (Å²) >= 11 is 0. The number of methoxy groups -OCH3 is 1. The van der Waals surface area contributed by atoms with Crippen molar-refractivity contribution in [2.45, 2.75) is 6.54 Å². The summed E-state index contributed by atoms with van der Waals surface area (Å²) in [6, 6.07) is 13.4. The molecule has 0 aliphatic carbocycles. The molecule has 7 heteroatoms. The van der Waals surface area contributed by atoms with E-state index in [1.165, 1.54) is 33.9 Å². The van der Waals surface area contributed by atoms with Crippen LogP contribution in [0.2, 0.25) is 0 Å². The Morgan fingerprint density at radius 2 is 1.96 bits per heavy atom. The zero-order chi connectivity index (χ0) is 18.1. The Hall–Kier alpha value is -3.48. The molecular formula is C19H15FN4O2. The zero-order valence-electron chi connectivity index (χ0n) is 14.0. The van der Waals surface area contributed by atoms with E-state index in [2.05, 4.69) is 10.1 Å². The third kappa shape index (κ3) is 2.83. The lowest BCUT2D eigenvalue weighted by Crippen LogP contribution is -2.21. The molecule has 0 radical (unpaired) electrons. The van der Waals surface area contributed by atoms with E-state index in [1.807, 2.05) is 24.3 Å². The van der Waals surface area contributed by atoms with Crippen molar-refractivity contribution < 1.29 is 9.13 Å². The lowest BCUT2D eigenvalue weighted by Gasteiger charge is -2.08. The molecule has 0 saturated carbocycles. The zero-order valence-corrected chi connectivity index (χ0v) is 14.0. The van der Waals surface area contributed by atoms with Crippen LogP contribution in [0.15, 0.2) is 65.8 Å². The first-order valence-corrected chi connectivity index (χ1v) is 7.98. The first-order chi connectivity index (χ1) is 12.7. The molecule has 0 N–H and O–H groups in total. The molecule has 0 saturated heterocycles. The molecule has 2 aromatic heterocycles. The Morgan fingerprint density at radius 3 is 2.73 bits per heavy atom. The molecule has 0 atom stereocenters. The predicted octanol–water partition coefficient (Wildman–Crippen LogP) is 2.78. The molecule has 4 rings (SSSR count). The van der Waals surface area contributed by atoms with Gasteiger partial charge in [-0.1, -0.05) is 12.1 Å². The second kappa shape index (κ2) is 6.44. The van der Waals surface area contributed by atoms with Crippen LogP contribution in [0.3, 0.4) is 0 Å². The normalized spacial score (nSPS) is 11.0. The highest BCUT2D eigenvalue weighted by atomic mass is 19.1. The molecule has 0 aliphatic rings. The SMILES string of the molecule is COc1cccc(Cn2cnc3c(cnn3-c3ccc(F)cc3)c2=O)c1. The summed E-state index contributed by atoms with van der Waals surface area (Å²) in [5, 5.41) is 4.63. The first-order valence-electron chi connectivity index (χ1n) is 7.98. The topological polar surface area (TPSA) is 61.9 Å². The molecule has 26 heavy (non-hydrogen) atoms. The van der Waals surface area contributed by atoms with E-state index in [9.17, 15) is 9.18 Å². The van der Waals surface area contributed by atoms with E-state index in [4.69, 9.17) is 4.74 Å². The van der Waals surface area contributed by atoms with Crippen LogP contribution in [0.4, 0.5) is 4.39 Å². The number of halogens is 1. The van der Waals surface area contributed by atoms with Crippen LogP contribution in [0.25, 0.3) is 16.7 Å². The molecule has 0 amide bonds. The second-order valence-electron chi connectivity index (χ2n) is 5.80. The molecule has 0 unspecified atom stereocenters. The van der Waals surface area contributed by atoms with Gasteiger partial charge in [0.1, 0.15) is 23.3 Å². The van der Waals surface area contributed by atoms with Crippen molar-refractivity contribution in [3.8, 4) is 11.4 Å². The van der Waals surface area contributed by atoms with E-state index in [1.54, 1.807) is 19.2 Å². The van der Waals surface area contributed by atoms with Crippen molar-refractivity contribution in [3.63, 3.8) is 0 Å². The molecule has 2 heterocycles. The summed E-state index contributed by atoms with van der Waals surface area (Å²) in [4.78, 5) is 17.1. The fourth-order valence-corrected chi connectivity index (χ4v) is 2.80. The Morgan fingerprint density at radius 1 is 1.15 bits per heavy atom. The third-order valence-electron chi connectivity index (χ3n) is 4.11. The van der Waals surface area contributed by atoms with Crippen LogP contribution in [0.1, 0.15) is 5.56 Å². The van der Waals surface area contributed by atoms with Gasteiger partial charge in [-0.3, -0.25) is 9.36 Å². The van der Waals surface area contributed by atoms with Gasteiger partial charge in [0.25, 0.3) is 5.56 Å². The molecule has 6 nitrogen and oxygen atoms in total. The van der Waals surface area contributed by atoms with Crippen molar-refractivity contribution in [2.75, 3.05) is 7.11 Å². The van der Waals surface area contributed by atoms with Gasteiger partial charge in [-0.2, -0.15) is 5.10 Å². The van der Waals surface area contributed by atoms with Crippen LogP contribution in [-0.4, -0.2) is 26.4 Å². The van der Waals surface area contributed by atoms with Crippen molar-refractivity contribution >= 4 is 11.0 Å². The average molecular weight is 350 g/mol. The van der Waals surface area contributed by atoms with Crippen LogP contribution < -0.4 is 10.3 Å². The molecule has 0 fully saturated rings. The summed E-state index contributed by atoms with van der Waals surface area (Å²) in [6.45, 7) is 0.376. The van der Waals surface area contributed by atoms with Gasteiger partial charge < -0.3 is 4.74 Å². The fourth-order valence-electron chi connectivity index (χ4n) is 2.80. The Labute approximate surface area is 148 Å². The van der Waals surface area contributed by atoms with Gasteiger partial charge in [0.15, 0.2) is 5.65 Å². The number of aromatic nitrogens is 4. The number of benzene rings is 2. The van der Waals surface area contributed by atoms with Crippen LogP contribution in [0, 0.1) is 5.82 Å². The van der Waals surface area contributed by atoms with Crippen molar-refractivity contribution in [2.24, 2.45) is 0 Å². The summed E-state index contributed by atoms with van der Waals surface area (Å²) in [6.07, 6.45) is 2.97. The predicted molar refractivity (Wildman–Crippen MR) is 95.2 cm³/mol. The summed E-state index contributed by atoms with van der Waals surface area (Å²) in [5.74, 6) is 0.396. The minimum atomic E-state index is -0.334. The van der Waals surface area contributed by atoms with Gasteiger partial charge >= 0.3 is 0 Å². The van der Waals surface area contributed by atoms with E-state index >= 15 is 0 Å². The third-order valence-corrected chi connectivity index (χ3v) is 4.11. The Kier molecular flexibility index (Phi) is 3.96. The largest absolute Gasteiger partial charge is 0.497 e. The molecule has 0 bridgehead atoms. The highest BCUT2D eigenvalue weighted by Gasteiger charge is 2.12. The van der Waals surface area contributed by atoms with Crippen LogP contribution >= 0.6 is 0 Å². The summed E-state index contributed by atoms with van der Waals surface area (Å²) in [5.41, 5.74) is 1.81. The first kappa shape index (κ1) is 16.0. The number of fused-ring (bicyclic) bond motifs is 1. The van der Waals surface area contributed by atoms with E-state index in [0.717, 1.165) is 11.3 Å². The number of ether oxygens (including phenoxy) is 1. The molecule has 0 spiro atoms. The highest BCUT2D eigenvalue weighted by Crippen LogP contribution is 2.16. The van der Waals surface area contributed by atoms with Crippen LogP contribution in [0.5, 0.6) is 5.75 Å². The standard InChI is InChI=1S/C19H15FN4O2/c1-26-16-4-2-3-13(9-16)11-23-12-21-18-17(19(23)25)10-22-24(18)15-7-5-14(20)6-8-15/h2-10,12H,11H2,1H3. The maximum absolute atomic E-state index is 13.1. The molecular weight excluding hydrogens is 335 g/mol. The van der Waals surface area contributed by atoms with E-state index in [0.29, 0.717) is 23.3 Å². The van der Waals surface area contributed by atoms with Gasteiger partial charge in [-0.15, -0.1) is 0 Å². The molecule has 4 aromatic rings. The van der Waals surface area contributed by atoms with Gasteiger partial charge in [0.05, 0.1) is 25.5 Å². The maximum atomic E-state index is 13.1. The quantitative estimate of drug-likeness (QED) is 0.568. The van der Waals surface area contributed by atoms with E-state index < -0.39 is 0 Å². The monoisotopic (exact) mass is 350 g/mol. The Bertz CT molecular complexity index is 1130. The Balaban J connectivity index is 1.74. The van der Waals surface area contributed by atoms with Crippen molar-refractivity contribution in [1.29, 1.82) is 0 Å². The number of rotatable bonds is 4. The van der Waals surface area contributed by atoms with Gasteiger partial charge in [-0.25, -0.2) is 14.1 Å². The van der Waals surface area contributed by atoms with Crippen LogP contribution in [-0.2, 0) is 6.54 Å². The number of hydrogen-bond donors (Lipinski definition) is 0. The fraction of sp³-hybridized carbons (Fsp3) is 0.105. The summed E-state index contributed by atoms with van der Waals surface area (Å²) in [7, 11) is 1.60. The minimum absolute atomic E-state index is 0.189. The summed E-state index contributed by atoms with van der Waals surface area (Å²) < 4.78 is 21.4. The van der Waals surface area contributed by atoms with Gasteiger partial charge in [0.2, 0.25) is 0 Å². The van der Waals surface area contributed by atoms with E-state index in [-0.39, 0.29) is 11.4 Å². The van der Waals surface area contributed by atoms with Crippen molar-refractivity contribution in [3.05, 3.63) is 82.8 Å². The molecule has 2 aromatic carbocycles. The van der Waals surface area contributed by atoms with Gasteiger partial charge in [-0.05, 0) is 42.0 Å². The number of hydrogen-bond acceptors (Lipinski definition) is 4. The van der Waals surface area contributed by atoms with Gasteiger partial charge in [0, 0.05) is 0 Å². The smallest absolute Gasteiger partial charge is 0.264 e. The molecule has 130 valence electrons. The second-order valence-corrected chi connectivity index (χ2v) is 5.80.